The lowest BCUT2D eigenvalue weighted by Gasteiger charge is -2.28. The summed E-state index contributed by atoms with van der Waals surface area (Å²) in [6.45, 7) is 0.909. The van der Waals surface area contributed by atoms with Gasteiger partial charge in [-0.15, -0.1) is 0 Å². The molecule has 0 aromatic heterocycles. The molecule has 17 heavy (non-hydrogen) atoms. The molecule has 0 saturated heterocycles. The second-order valence-electron chi connectivity index (χ2n) is 4.80. The first-order chi connectivity index (χ1) is 8.40. The molecule has 0 unspecified atom stereocenters. The Labute approximate surface area is 113 Å². The number of benzene rings is 1. The third-order valence-corrected chi connectivity index (χ3v) is 4.14. The first-order valence-electron chi connectivity index (χ1n) is 6.62. The predicted octanol–water partition coefficient (Wildman–Crippen LogP) is 4.51. The van der Waals surface area contributed by atoms with E-state index in [-0.39, 0.29) is 0 Å². The fourth-order valence-electron chi connectivity index (χ4n) is 2.59. The van der Waals surface area contributed by atoms with Gasteiger partial charge in [0.15, 0.2) is 0 Å². The molecule has 0 radical (unpaired) electrons. The van der Waals surface area contributed by atoms with Crippen LogP contribution in [0.5, 0.6) is 0 Å². The lowest BCUT2D eigenvalue weighted by atomic mass is 9.83. The maximum atomic E-state index is 5.88. The number of ether oxygens (including phenoxy) is 1. The Hall–Kier alpha value is -0.340. The molecule has 0 bridgehead atoms. The Morgan fingerprint density at radius 2 is 1.76 bits per heavy atom. The van der Waals surface area contributed by atoms with E-state index < -0.39 is 0 Å². The van der Waals surface area contributed by atoms with E-state index in [4.69, 9.17) is 4.74 Å². The molecule has 1 aliphatic carbocycles. The van der Waals surface area contributed by atoms with E-state index >= 15 is 0 Å². The van der Waals surface area contributed by atoms with Gasteiger partial charge in [0.05, 0.1) is 6.10 Å². The number of alkyl halides is 1. The predicted molar refractivity (Wildman–Crippen MR) is 75.8 cm³/mol. The zero-order chi connectivity index (χ0) is 11.9. The molecule has 0 N–H and O–H groups in total. The minimum atomic E-state index is 0.508. The molecule has 0 atom stereocenters. The molecule has 1 aromatic rings. The molecule has 2 rings (SSSR count). The molecule has 94 valence electrons. The Bertz CT molecular complexity index is 304. The van der Waals surface area contributed by atoms with Crippen LogP contribution in [0.15, 0.2) is 30.3 Å². The zero-order valence-corrected chi connectivity index (χ0v) is 11.9. The van der Waals surface area contributed by atoms with Gasteiger partial charge in [-0.2, -0.15) is 0 Å². The summed E-state index contributed by atoms with van der Waals surface area (Å²) >= 11 is 3.43. The molecule has 1 aromatic carbocycles. The quantitative estimate of drug-likeness (QED) is 0.574. The second-order valence-corrected chi connectivity index (χ2v) is 5.59. The standard InChI is InChI=1S/C15H21BrO/c16-11-4-12-17-15-9-7-14(8-10-15)13-5-2-1-3-6-13/h1-3,5-6,14-15H,4,7-12H2. The van der Waals surface area contributed by atoms with Gasteiger partial charge in [-0.3, -0.25) is 0 Å². The lowest BCUT2D eigenvalue weighted by Crippen LogP contribution is -2.21. The van der Waals surface area contributed by atoms with E-state index in [0.29, 0.717) is 6.10 Å². The van der Waals surface area contributed by atoms with Crippen LogP contribution < -0.4 is 0 Å². The first kappa shape index (κ1) is 13.1. The van der Waals surface area contributed by atoms with Crippen molar-refractivity contribution in [2.45, 2.75) is 44.1 Å². The molecule has 1 aliphatic rings. The van der Waals surface area contributed by atoms with E-state index in [1.165, 1.54) is 31.2 Å². The average molecular weight is 297 g/mol. The van der Waals surface area contributed by atoms with Crippen molar-refractivity contribution in [2.75, 3.05) is 11.9 Å². The summed E-state index contributed by atoms with van der Waals surface area (Å²) in [6, 6.07) is 10.9. The summed E-state index contributed by atoms with van der Waals surface area (Å²) in [4.78, 5) is 0. The largest absolute Gasteiger partial charge is 0.378 e. The van der Waals surface area contributed by atoms with Gasteiger partial charge in [0.1, 0.15) is 0 Å². The van der Waals surface area contributed by atoms with Gasteiger partial charge in [-0.05, 0) is 43.6 Å². The molecule has 1 saturated carbocycles. The molecule has 1 nitrogen and oxygen atoms in total. The molecule has 0 aliphatic heterocycles. The maximum Gasteiger partial charge on any atom is 0.0575 e. The molecule has 1 fully saturated rings. The fourth-order valence-corrected chi connectivity index (χ4v) is 2.82. The van der Waals surface area contributed by atoms with Crippen LogP contribution in [0.25, 0.3) is 0 Å². The Morgan fingerprint density at radius 1 is 1.06 bits per heavy atom. The van der Waals surface area contributed by atoms with Crippen LogP contribution in [0.3, 0.4) is 0 Å². The average Bonchev–Trinajstić information content (AvgIpc) is 2.41. The van der Waals surface area contributed by atoms with E-state index in [2.05, 4.69) is 46.3 Å². The number of hydrogen-bond donors (Lipinski definition) is 0. The topological polar surface area (TPSA) is 9.23 Å². The van der Waals surface area contributed by atoms with Crippen LogP contribution in [0.2, 0.25) is 0 Å². The van der Waals surface area contributed by atoms with Crippen molar-refractivity contribution < 1.29 is 4.74 Å². The highest BCUT2D eigenvalue weighted by molar-refractivity contribution is 9.09. The minimum absolute atomic E-state index is 0.508. The fraction of sp³-hybridized carbons (Fsp3) is 0.600. The van der Waals surface area contributed by atoms with E-state index in [1.807, 2.05) is 0 Å². The van der Waals surface area contributed by atoms with Gasteiger partial charge in [-0.1, -0.05) is 46.3 Å². The number of halogens is 1. The summed E-state index contributed by atoms with van der Waals surface area (Å²) in [7, 11) is 0. The van der Waals surface area contributed by atoms with Crippen LogP contribution in [-0.2, 0) is 4.74 Å². The summed E-state index contributed by atoms with van der Waals surface area (Å²) in [5.74, 6) is 0.757. The van der Waals surface area contributed by atoms with Crippen molar-refractivity contribution in [3.63, 3.8) is 0 Å². The highest BCUT2D eigenvalue weighted by atomic mass is 79.9. The highest BCUT2D eigenvalue weighted by Crippen LogP contribution is 2.33. The third-order valence-electron chi connectivity index (χ3n) is 3.58. The molecule has 0 heterocycles. The van der Waals surface area contributed by atoms with Crippen molar-refractivity contribution in [3.8, 4) is 0 Å². The Kier molecular flexibility index (Phi) is 5.53. The van der Waals surface area contributed by atoms with Gasteiger partial charge in [-0.25, -0.2) is 0 Å². The van der Waals surface area contributed by atoms with Gasteiger partial charge >= 0.3 is 0 Å². The summed E-state index contributed by atoms with van der Waals surface area (Å²) in [5, 5.41) is 1.05. The number of hydrogen-bond acceptors (Lipinski definition) is 1. The van der Waals surface area contributed by atoms with Crippen LogP contribution >= 0.6 is 15.9 Å². The van der Waals surface area contributed by atoms with E-state index in [1.54, 1.807) is 0 Å². The van der Waals surface area contributed by atoms with E-state index in [0.717, 1.165) is 24.3 Å². The highest BCUT2D eigenvalue weighted by Gasteiger charge is 2.22. The normalized spacial score (nSPS) is 24.8. The van der Waals surface area contributed by atoms with Gasteiger partial charge < -0.3 is 4.74 Å². The lowest BCUT2D eigenvalue weighted by molar-refractivity contribution is 0.0256. The Morgan fingerprint density at radius 3 is 2.41 bits per heavy atom. The van der Waals surface area contributed by atoms with Crippen molar-refractivity contribution in [3.05, 3.63) is 35.9 Å². The van der Waals surface area contributed by atoms with Gasteiger partial charge in [0.25, 0.3) is 0 Å². The molecular formula is C15H21BrO. The van der Waals surface area contributed by atoms with Crippen LogP contribution in [0.4, 0.5) is 0 Å². The van der Waals surface area contributed by atoms with Gasteiger partial charge in [0, 0.05) is 11.9 Å². The van der Waals surface area contributed by atoms with Gasteiger partial charge in [0.2, 0.25) is 0 Å². The summed E-state index contributed by atoms with van der Waals surface area (Å²) in [5.41, 5.74) is 1.51. The second kappa shape index (κ2) is 7.17. The zero-order valence-electron chi connectivity index (χ0n) is 10.3. The SMILES string of the molecule is BrCCCOC1CCC(c2ccccc2)CC1. The minimum Gasteiger partial charge on any atom is -0.378 e. The molecule has 0 amide bonds. The molecule has 2 heteroatoms. The van der Waals surface area contributed by atoms with Crippen molar-refractivity contribution in [1.29, 1.82) is 0 Å². The van der Waals surface area contributed by atoms with E-state index in [9.17, 15) is 0 Å². The summed E-state index contributed by atoms with van der Waals surface area (Å²) in [6.07, 6.45) is 6.64. The van der Waals surface area contributed by atoms with Crippen LogP contribution in [0.1, 0.15) is 43.6 Å². The number of rotatable bonds is 5. The van der Waals surface area contributed by atoms with Crippen LogP contribution in [0, 0.1) is 0 Å². The molecular weight excluding hydrogens is 276 g/mol. The molecule has 0 spiro atoms. The smallest absolute Gasteiger partial charge is 0.0575 e. The monoisotopic (exact) mass is 296 g/mol. The van der Waals surface area contributed by atoms with Crippen molar-refractivity contribution in [2.24, 2.45) is 0 Å². The third kappa shape index (κ3) is 4.11. The Balaban J connectivity index is 1.74. The first-order valence-corrected chi connectivity index (χ1v) is 7.75. The maximum absolute atomic E-state index is 5.88. The van der Waals surface area contributed by atoms with Crippen molar-refractivity contribution >= 4 is 15.9 Å². The van der Waals surface area contributed by atoms with Crippen LogP contribution in [-0.4, -0.2) is 18.0 Å². The van der Waals surface area contributed by atoms with Crippen molar-refractivity contribution in [1.82, 2.24) is 0 Å². The summed E-state index contributed by atoms with van der Waals surface area (Å²) < 4.78 is 5.88.